The average Bonchev–Trinajstić information content (AvgIpc) is 3.06. The summed E-state index contributed by atoms with van der Waals surface area (Å²) in [5.74, 6) is 0. The molecule has 3 rings (SSSR count). The average molecular weight is 303 g/mol. The lowest BCUT2D eigenvalue weighted by molar-refractivity contribution is 0.258. The maximum atomic E-state index is 2.52. The van der Waals surface area contributed by atoms with Gasteiger partial charge in [0.05, 0.1) is 0 Å². The van der Waals surface area contributed by atoms with Crippen molar-refractivity contribution < 1.29 is 0 Å². The van der Waals surface area contributed by atoms with Crippen LogP contribution in [0.5, 0.6) is 0 Å². The van der Waals surface area contributed by atoms with Crippen LogP contribution in [0.4, 0.5) is 0 Å². The Bertz CT molecular complexity index is 525. The van der Waals surface area contributed by atoms with Gasteiger partial charge in [0.25, 0.3) is 0 Å². The highest BCUT2D eigenvalue weighted by Gasteiger charge is 2.24. The topological polar surface area (TPSA) is 3.24 Å². The van der Waals surface area contributed by atoms with Gasteiger partial charge in [-0.15, -0.1) is 23.1 Å². The Balaban J connectivity index is 1.54. The SMILES string of the molecule is CC(Cc1cccs1)N(C)CC1Cc2ccccc2S1. The van der Waals surface area contributed by atoms with E-state index >= 15 is 0 Å². The summed E-state index contributed by atoms with van der Waals surface area (Å²) in [7, 11) is 2.27. The van der Waals surface area contributed by atoms with Crippen LogP contribution < -0.4 is 0 Å². The Hall–Kier alpha value is -0.770. The second-order valence-corrected chi connectivity index (χ2v) is 8.00. The molecule has 2 unspecified atom stereocenters. The number of nitrogens with zero attached hydrogens (tertiary/aromatic N) is 1. The molecule has 0 spiro atoms. The maximum absolute atomic E-state index is 2.52. The molecule has 20 heavy (non-hydrogen) atoms. The third-order valence-electron chi connectivity index (χ3n) is 4.03. The highest BCUT2D eigenvalue weighted by atomic mass is 32.2. The maximum Gasteiger partial charge on any atom is 0.0263 e. The van der Waals surface area contributed by atoms with Gasteiger partial charge in [0.15, 0.2) is 0 Å². The molecule has 2 heterocycles. The minimum absolute atomic E-state index is 0.609. The van der Waals surface area contributed by atoms with Crippen molar-refractivity contribution in [3.63, 3.8) is 0 Å². The predicted octanol–water partition coefficient (Wildman–Crippen LogP) is 4.33. The summed E-state index contributed by atoms with van der Waals surface area (Å²) in [6.45, 7) is 3.51. The molecule has 0 saturated carbocycles. The Morgan fingerprint density at radius 3 is 2.85 bits per heavy atom. The first-order valence-corrected chi connectivity index (χ1v) is 8.95. The molecule has 106 valence electrons. The molecule has 0 fully saturated rings. The number of benzene rings is 1. The number of thioether (sulfide) groups is 1. The smallest absolute Gasteiger partial charge is 0.0263 e. The lowest BCUT2D eigenvalue weighted by Crippen LogP contribution is -2.35. The summed E-state index contributed by atoms with van der Waals surface area (Å²) in [4.78, 5) is 5.49. The number of rotatable bonds is 5. The van der Waals surface area contributed by atoms with E-state index in [-0.39, 0.29) is 0 Å². The van der Waals surface area contributed by atoms with Crippen LogP contribution in [0.3, 0.4) is 0 Å². The van der Waals surface area contributed by atoms with E-state index in [9.17, 15) is 0 Å². The van der Waals surface area contributed by atoms with E-state index in [1.54, 1.807) is 0 Å². The van der Waals surface area contributed by atoms with Crippen LogP contribution in [0.2, 0.25) is 0 Å². The monoisotopic (exact) mass is 303 g/mol. The van der Waals surface area contributed by atoms with Crippen LogP contribution in [0.15, 0.2) is 46.7 Å². The molecular weight excluding hydrogens is 282 g/mol. The molecule has 1 aliphatic heterocycles. The van der Waals surface area contributed by atoms with Gasteiger partial charge in [0.1, 0.15) is 0 Å². The molecule has 1 aromatic carbocycles. The first-order chi connectivity index (χ1) is 9.72. The first kappa shape index (κ1) is 14.2. The lowest BCUT2D eigenvalue weighted by Gasteiger charge is -2.26. The van der Waals surface area contributed by atoms with Gasteiger partial charge in [-0.3, -0.25) is 0 Å². The van der Waals surface area contributed by atoms with E-state index < -0.39 is 0 Å². The van der Waals surface area contributed by atoms with E-state index in [4.69, 9.17) is 0 Å². The van der Waals surface area contributed by atoms with E-state index in [1.165, 1.54) is 34.7 Å². The van der Waals surface area contributed by atoms with Crippen molar-refractivity contribution >= 4 is 23.1 Å². The molecule has 1 nitrogen and oxygen atoms in total. The summed E-state index contributed by atoms with van der Waals surface area (Å²) in [5.41, 5.74) is 1.53. The van der Waals surface area contributed by atoms with Crippen molar-refractivity contribution in [2.75, 3.05) is 13.6 Å². The van der Waals surface area contributed by atoms with Crippen molar-refractivity contribution in [2.45, 2.75) is 36.0 Å². The van der Waals surface area contributed by atoms with Crippen LogP contribution in [0.1, 0.15) is 17.4 Å². The summed E-state index contributed by atoms with van der Waals surface area (Å²) in [6.07, 6.45) is 2.38. The lowest BCUT2D eigenvalue weighted by atomic mass is 10.1. The normalized spacial score (nSPS) is 19.2. The molecule has 1 aromatic heterocycles. The number of hydrogen-bond donors (Lipinski definition) is 0. The molecular formula is C17H21NS2. The first-order valence-electron chi connectivity index (χ1n) is 7.19. The van der Waals surface area contributed by atoms with Crippen molar-refractivity contribution in [3.05, 3.63) is 52.2 Å². The predicted molar refractivity (Wildman–Crippen MR) is 89.9 cm³/mol. The van der Waals surface area contributed by atoms with Crippen LogP contribution in [-0.2, 0) is 12.8 Å². The van der Waals surface area contributed by atoms with Crippen LogP contribution in [0, 0.1) is 0 Å². The molecule has 2 aromatic rings. The Labute approximate surface area is 130 Å². The van der Waals surface area contributed by atoms with Gasteiger partial charge in [-0.05, 0) is 49.9 Å². The molecule has 0 N–H and O–H groups in total. The zero-order chi connectivity index (χ0) is 13.9. The molecule has 0 saturated heterocycles. The Kier molecular flexibility index (Phi) is 4.49. The van der Waals surface area contributed by atoms with Gasteiger partial charge in [0.2, 0.25) is 0 Å². The van der Waals surface area contributed by atoms with Gasteiger partial charge >= 0.3 is 0 Å². The molecule has 1 aliphatic rings. The highest BCUT2D eigenvalue weighted by Crippen LogP contribution is 2.37. The van der Waals surface area contributed by atoms with E-state index in [0.29, 0.717) is 11.3 Å². The number of hydrogen-bond acceptors (Lipinski definition) is 3. The largest absolute Gasteiger partial charge is 0.302 e. The van der Waals surface area contributed by atoms with Crippen molar-refractivity contribution in [1.82, 2.24) is 4.90 Å². The third-order valence-corrected chi connectivity index (χ3v) is 6.23. The number of fused-ring (bicyclic) bond motifs is 1. The fraction of sp³-hybridized carbons (Fsp3) is 0.412. The minimum atomic E-state index is 0.609. The molecule has 3 heteroatoms. The molecule has 2 atom stereocenters. The van der Waals surface area contributed by atoms with Gasteiger partial charge in [0, 0.05) is 27.6 Å². The quantitative estimate of drug-likeness (QED) is 0.809. The Morgan fingerprint density at radius 2 is 2.10 bits per heavy atom. The third kappa shape index (κ3) is 3.27. The summed E-state index contributed by atoms with van der Waals surface area (Å²) >= 11 is 3.92. The minimum Gasteiger partial charge on any atom is -0.302 e. The van der Waals surface area contributed by atoms with Crippen molar-refractivity contribution in [1.29, 1.82) is 0 Å². The standard InChI is InChI=1S/C17H21NS2/c1-13(10-15-7-5-9-19-15)18(2)12-16-11-14-6-3-4-8-17(14)20-16/h3-9,13,16H,10-12H2,1-2H3. The molecule has 0 bridgehead atoms. The van der Waals surface area contributed by atoms with Crippen molar-refractivity contribution in [3.8, 4) is 0 Å². The van der Waals surface area contributed by atoms with Gasteiger partial charge < -0.3 is 4.90 Å². The summed E-state index contributed by atoms with van der Waals surface area (Å²) in [6, 6.07) is 13.8. The van der Waals surface area contributed by atoms with Gasteiger partial charge in [-0.2, -0.15) is 0 Å². The zero-order valence-electron chi connectivity index (χ0n) is 12.1. The van der Waals surface area contributed by atoms with E-state index in [1.807, 2.05) is 11.3 Å². The fourth-order valence-corrected chi connectivity index (χ4v) is 4.95. The zero-order valence-corrected chi connectivity index (χ0v) is 13.7. The van der Waals surface area contributed by atoms with Gasteiger partial charge in [-0.1, -0.05) is 24.3 Å². The number of likely N-dealkylation sites (N-methyl/N-ethyl adjacent to an activating group) is 1. The van der Waals surface area contributed by atoms with E-state index in [0.717, 1.165) is 0 Å². The summed E-state index contributed by atoms with van der Waals surface area (Å²) in [5, 5.41) is 2.88. The summed E-state index contributed by atoms with van der Waals surface area (Å²) < 4.78 is 0. The van der Waals surface area contributed by atoms with Crippen molar-refractivity contribution in [2.24, 2.45) is 0 Å². The van der Waals surface area contributed by atoms with E-state index in [2.05, 4.69) is 72.4 Å². The second-order valence-electron chi connectivity index (χ2n) is 5.62. The molecule has 0 amide bonds. The fourth-order valence-electron chi connectivity index (χ4n) is 2.73. The highest BCUT2D eigenvalue weighted by molar-refractivity contribution is 8.00. The number of thiophene rings is 1. The van der Waals surface area contributed by atoms with Crippen LogP contribution in [0.25, 0.3) is 0 Å². The van der Waals surface area contributed by atoms with Crippen LogP contribution in [-0.4, -0.2) is 29.8 Å². The van der Waals surface area contributed by atoms with Crippen LogP contribution >= 0.6 is 23.1 Å². The molecule has 0 radical (unpaired) electrons. The molecule has 0 aliphatic carbocycles. The second kappa shape index (κ2) is 6.33. The Morgan fingerprint density at radius 1 is 1.25 bits per heavy atom. The van der Waals surface area contributed by atoms with Gasteiger partial charge in [-0.25, -0.2) is 0 Å².